The fourth-order valence-electron chi connectivity index (χ4n) is 2.15. The molecule has 0 fully saturated rings. The van der Waals surface area contributed by atoms with Gasteiger partial charge in [0.15, 0.2) is 5.76 Å². The van der Waals surface area contributed by atoms with E-state index in [1.165, 1.54) is 11.0 Å². The number of amides is 1. The third kappa shape index (κ3) is 1.94. The van der Waals surface area contributed by atoms with Crippen LogP contribution in [0.3, 0.4) is 0 Å². The van der Waals surface area contributed by atoms with Crippen molar-refractivity contribution in [2.45, 2.75) is 13.5 Å². The summed E-state index contributed by atoms with van der Waals surface area (Å²) in [6.07, 6.45) is 0. The standard InChI is InChI=1S/C13H8BrFN2O3/c1-6-2-8(20-16-6)5-17-11-9(12(18)13(17)19)3-7(15)4-10(11)14/h2-4H,5H2,1H3. The zero-order chi connectivity index (χ0) is 14.4. The molecular formula is C13H8BrFN2O3. The van der Waals surface area contributed by atoms with E-state index in [1.807, 2.05) is 0 Å². The summed E-state index contributed by atoms with van der Waals surface area (Å²) in [4.78, 5) is 25.1. The van der Waals surface area contributed by atoms with Crippen LogP contribution in [0.15, 0.2) is 27.2 Å². The molecule has 20 heavy (non-hydrogen) atoms. The highest BCUT2D eigenvalue weighted by molar-refractivity contribution is 9.10. The van der Waals surface area contributed by atoms with Crippen molar-refractivity contribution in [2.75, 3.05) is 4.90 Å². The van der Waals surface area contributed by atoms with Crippen LogP contribution in [0.25, 0.3) is 0 Å². The maximum Gasteiger partial charge on any atom is 0.299 e. The Morgan fingerprint density at radius 3 is 2.75 bits per heavy atom. The molecule has 0 spiro atoms. The summed E-state index contributed by atoms with van der Waals surface area (Å²) in [5, 5.41) is 3.73. The number of aryl methyl sites for hydroxylation is 1. The van der Waals surface area contributed by atoms with Gasteiger partial charge in [-0.05, 0) is 35.0 Å². The van der Waals surface area contributed by atoms with Crippen molar-refractivity contribution < 1.29 is 18.5 Å². The Kier molecular flexibility index (Phi) is 2.93. The highest BCUT2D eigenvalue weighted by atomic mass is 79.9. The van der Waals surface area contributed by atoms with Crippen molar-refractivity contribution in [3.05, 3.63) is 45.5 Å². The Balaban J connectivity index is 2.06. The number of aromatic nitrogens is 1. The highest BCUT2D eigenvalue weighted by Crippen LogP contribution is 2.37. The van der Waals surface area contributed by atoms with Crippen molar-refractivity contribution in [1.29, 1.82) is 0 Å². The van der Waals surface area contributed by atoms with Gasteiger partial charge in [-0.3, -0.25) is 14.5 Å². The summed E-state index contributed by atoms with van der Waals surface area (Å²) in [7, 11) is 0. The molecule has 0 bridgehead atoms. The van der Waals surface area contributed by atoms with Crippen molar-refractivity contribution in [2.24, 2.45) is 0 Å². The maximum absolute atomic E-state index is 13.3. The largest absolute Gasteiger partial charge is 0.359 e. The van der Waals surface area contributed by atoms with E-state index in [0.717, 1.165) is 6.07 Å². The molecule has 3 rings (SSSR count). The summed E-state index contributed by atoms with van der Waals surface area (Å²) < 4.78 is 18.7. The van der Waals surface area contributed by atoms with Gasteiger partial charge in [0.1, 0.15) is 5.82 Å². The first-order chi connectivity index (χ1) is 9.47. The Bertz CT molecular complexity index is 741. The molecule has 2 aromatic rings. The molecular weight excluding hydrogens is 331 g/mol. The highest BCUT2D eigenvalue weighted by Gasteiger charge is 2.38. The van der Waals surface area contributed by atoms with Gasteiger partial charge in [-0.1, -0.05) is 5.16 Å². The lowest BCUT2D eigenvalue weighted by Crippen LogP contribution is -2.29. The number of carbonyl (C=O) groups is 2. The average Bonchev–Trinajstić information content (AvgIpc) is 2.88. The fourth-order valence-corrected chi connectivity index (χ4v) is 2.80. The number of nitrogens with zero attached hydrogens (tertiary/aromatic N) is 2. The van der Waals surface area contributed by atoms with E-state index in [9.17, 15) is 14.0 Å². The number of ketones is 1. The van der Waals surface area contributed by atoms with E-state index in [0.29, 0.717) is 21.6 Å². The molecule has 0 saturated heterocycles. The second-order valence-corrected chi connectivity index (χ2v) is 5.29. The van der Waals surface area contributed by atoms with Crippen molar-refractivity contribution in [3.63, 3.8) is 0 Å². The minimum atomic E-state index is -0.726. The van der Waals surface area contributed by atoms with E-state index >= 15 is 0 Å². The van der Waals surface area contributed by atoms with E-state index < -0.39 is 17.5 Å². The first-order valence-corrected chi connectivity index (χ1v) is 6.54. The smallest absolute Gasteiger partial charge is 0.299 e. The molecule has 0 aliphatic carbocycles. The molecule has 0 radical (unpaired) electrons. The summed E-state index contributed by atoms with van der Waals surface area (Å²) in [6, 6.07) is 3.95. The van der Waals surface area contributed by atoms with E-state index in [-0.39, 0.29) is 12.1 Å². The number of carbonyl (C=O) groups excluding carboxylic acids is 2. The average molecular weight is 339 g/mol. The lowest BCUT2D eigenvalue weighted by atomic mass is 10.1. The summed E-state index contributed by atoms with van der Waals surface area (Å²) in [6.45, 7) is 1.83. The minimum Gasteiger partial charge on any atom is -0.359 e. The predicted octanol–water partition coefficient (Wildman–Crippen LogP) is 2.61. The zero-order valence-electron chi connectivity index (χ0n) is 10.3. The van der Waals surface area contributed by atoms with Gasteiger partial charge < -0.3 is 4.52 Å². The third-order valence-electron chi connectivity index (χ3n) is 2.97. The topological polar surface area (TPSA) is 63.4 Å². The van der Waals surface area contributed by atoms with Crippen LogP contribution in [-0.2, 0) is 11.3 Å². The molecule has 1 aromatic carbocycles. The molecule has 2 heterocycles. The van der Waals surface area contributed by atoms with Crippen LogP contribution in [0.5, 0.6) is 0 Å². The van der Waals surface area contributed by atoms with Crippen molar-refractivity contribution in [3.8, 4) is 0 Å². The molecule has 1 aromatic heterocycles. The number of fused-ring (bicyclic) bond motifs is 1. The first kappa shape index (κ1) is 13.0. The van der Waals surface area contributed by atoms with Crippen LogP contribution in [-0.4, -0.2) is 16.8 Å². The molecule has 0 unspecified atom stereocenters. The van der Waals surface area contributed by atoms with Gasteiger partial charge in [0.2, 0.25) is 0 Å². The minimum absolute atomic E-state index is 0.0538. The SMILES string of the molecule is Cc1cc(CN2C(=O)C(=O)c3cc(F)cc(Br)c32)on1. The van der Waals surface area contributed by atoms with Gasteiger partial charge in [0, 0.05) is 10.5 Å². The summed E-state index contributed by atoms with van der Waals surface area (Å²) in [5.74, 6) is -1.56. The van der Waals surface area contributed by atoms with Gasteiger partial charge in [-0.2, -0.15) is 0 Å². The monoisotopic (exact) mass is 338 g/mol. The van der Waals surface area contributed by atoms with E-state index in [2.05, 4.69) is 21.1 Å². The molecule has 0 atom stereocenters. The van der Waals surface area contributed by atoms with Crippen LogP contribution in [0.2, 0.25) is 0 Å². The molecule has 0 saturated carbocycles. The number of halogens is 2. The molecule has 1 aliphatic rings. The van der Waals surface area contributed by atoms with Gasteiger partial charge >= 0.3 is 0 Å². The van der Waals surface area contributed by atoms with Crippen LogP contribution in [0, 0.1) is 12.7 Å². The third-order valence-corrected chi connectivity index (χ3v) is 3.58. The lowest BCUT2D eigenvalue weighted by Gasteiger charge is -2.15. The fraction of sp³-hybridized carbons (Fsp3) is 0.154. The van der Waals surface area contributed by atoms with Crippen LogP contribution in [0.1, 0.15) is 21.8 Å². The van der Waals surface area contributed by atoms with E-state index in [4.69, 9.17) is 4.52 Å². The van der Waals surface area contributed by atoms with Crippen LogP contribution in [0.4, 0.5) is 10.1 Å². The quantitative estimate of drug-likeness (QED) is 0.789. The molecule has 5 nitrogen and oxygen atoms in total. The van der Waals surface area contributed by atoms with E-state index in [1.54, 1.807) is 13.0 Å². The molecule has 0 N–H and O–H groups in total. The maximum atomic E-state index is 13.3. The van der Waals surface area contributed by atoms with Gasteiger partial charge in [-0.15, -0.1) is 0 Å². The van der Waals surface area contributed by atoms with Gasteiger partial charge in [-0.25, -0.2) is 4.39 Å². The number of Topliss-reactive ketones (excluding diaryl/α,β-unsaturated/α-hetero) is 1. The second kappa shape index (κ2) is 4.52. The van der Waals surface area contributed by atoms with Crippen LogP contribution < -0.4 is 4.90 Å². The summed E-state index contributed by atoms with van der Waals surface area (Å²) in [5.41, 5.74) is 1.09. The number of hydrogen-bond donors (Lipinski definition) is 0. The number of hydrogen-bond acceptors (Lipinski definition) is 4. The molecule has 102 valence electrons. The Hall–Kier alpha value is -2.02. The Morgan fingerprint density at radius 2 is 2.10 bits per heavy atom. The Labute approximate surface area is 121 Å². The predicted molar refractivity (Wildman–Crippen MR) is 70.9 cm³/mol. The zero-order valence-corrected chi connectivity index (χ0v) is 11.9. The molecule has 7 heteroatoms. The van der Waals surface area contributed by atoms with Crippen molar-refractivity contribution >= 4 is 33.3 Å². The van der Waals surface area contributed by atoms with Crippen molar-refractivity contribution in [1.82, 2.24) is 5.16 Å². The molecule has 1 amide bonds. The lowest BCUT2D eigenvalue weighted by molar-refractivity contribution is -0.114. The van der Waals surface area contributed by atoms with Crippen LogP contribution >= 0.6 is 15.9 Å². The normalized spacial score (nSPS) is 14.1. The molecule has 1 aliphatic heterocycles. The van der Waals surface area contributed by atoms with Gasteiger partial charge in [0.05, 0.1) is 23.5 Å². The summed E-state index contributed by atoms with van der Waals surface area (Å²) >= 11 is 3.18. The van der Waals surface area contributed by atoms with Gasteiger partial charge in [0.25, 0.3) is 11.7 Å². The second-order valence-electron chi connectivity index (χ2n) is 4.44. The Morgan fingerprint density at radius 1 is 1.35 bits per heavy atom. The number of benzene rings is 1. The number of anilines is 1. The number of rotatable bonds is 2. The first-order valence-electron chi connectivity index (χ1n) is 5.75.